The highest BCUT2D eigenvalue weighted by atomic mass is 32.2. The van der Waals surface area contributed by atoms with Crippen LogP contribution in [0.15, 0.2) is 90.1 Å². The second-order valence-corrected chi connectivity index (χ2v) is 8.82. The van der Waals surface area contributed by atoms with Crippen molar-refractivity contribution in [3.8, 4) is 28.3 Å². The molecule has 1 N–H and O–H groups in total. The molecule has 7 heteroatoms. The summed E-state index contributed by atoms with van der Waals surface area (Å²) in [5, 5.41) is 13.4. The lowest BCUT2D eigenvalue weighted by atomic mass is 10.0. The minimum absolute atomic E-state index is 0.0646. The Morgan fingerprint density at radius 1 is 0.941 bits per heavy atom. The zero-order chi connectivity index (χ0) is 23.5. The molecule has 168 valence electrons. The molecular formula is C27H23N5OS. The Morgan fingerprint density at radius 3 is 2.44 bits per heavy atom. The van der Waals surface area contributed by atoms with Gasteiger partial charge in [0.05, 0.1) is 17.0 Å². The Labute approximate surface area is 202 Å². The molecule has 0 aliphatic carbocycles. The lowest BCUT2D eigenvalue weighted by Gasteiger charge is -2.13. The topological polar surface area (TPSA) is 72.7 Å². The van der Waals surface area contributed by atoms with Crippen LogP contribution in [-0.2, 0) is 4.79 Å². The Bertz CT molecular complexity index is 1460. The minimum atomic E-state index is -0.0646. The van der Waals surface area contributed by atoms with Gasteiger partial charge in [-0.05, 0) is 31.2 Å². The lowest BCUT2D eigenvalue weighted by molar-refractivity contribution is -0.118. The second kappa shape index (κ2) is 9.49. The standard InChI is InChI=1S/C27H23N5OS/c1-18-12-14-19(15-13-18)24-16-22(21-10-6-7-11-23(21)29-24)26-30-31-27(34-17-25(33)28-2)32(26)20-8-4-3-5-9-20/h3-16H,17H2,1-2H3,(H,28,33). The Hall–Kier alpha value is -3.97. The lowest BCUT2D eigenvalue weighted by Crippen LogP contribution is -2.20. The highest BCUT2D eigenvalue weighted by Crippen LogP contribution is 2.34. The first-order valence-electron chi connectivity index (χ1n) is 11.0. The van der Waals surface area contributed by atoms with Gasteiger partial charge < -0.3 is 5.32 Å². The van der Waals surface area contributed by atoms with Crippen molar-refractivity contribution >= 4 is 28.6 Å². The Kier molecular flexibility index (Phi) is 6.10. The molecule has 0 saturated carbocycles. The van der Waals surface area contributed by atoms with Gasteiger partial charge >= 0.3 is 0 Å². The van der Waals surface area contributed by atoms with E-state index in [1.807, 2.05) is 53.1 Å². The van der Waals surface area contributed by atoms with Crippen molar-refractivity contribution in [2.45, 2.75) is 12.1 Å². The van der Waals surface area contributed by atoms with E-state index in [0.29, 0.717) is 11.0 Å². The van der Waals surface area contributed by atoms with Crippen LogP contribution < -0.4 is 5.32 Å². The SMILES string of the molecule is CNC(=O)CSc1nnc(-c2cc(-c3ccc(C)cc3)nc3ccccc23)n1-c1ccccc1. The molecule has 0 aliphatic heterocycles. The smallest absolute Gasteiger partial charge is 0.230 e. The molecule has 0 aliphatic rings. The number of fused-ring (bicyclic) bond motifs is 1. The quantitative estimate of drug-likeness (QED) is 0.345. The number of amides is 1. The van der Waals surface area contributed by atoms with Crippen LogP contribution in [0.2, 0.25) is 0 Å². The summed E-state index contributed by atoms with van der Waals surface area (Å²) in [6.45, 7) is 2.07. The van der Waals surface area contributed by atoms with Gasteiger partial charge in [-0.3, -0.25) is 9.36 Å². The fraction of sp³-hybridized carbons (Fsp3) is 0.111. The van der Waals surface area contributed by atoms with Crippen LogP contribution in [0, 0.1) is 6.92 Å². The maximum atomic E-state index is 11.9. The number of benzene rings is 3. The first kappa shape index (κ1) is 21.9. The molecule has 2 aromatic heterocycles. The van der Waals surface area contributed by atoms with Crippen LogP contribution in [0.4, 0.5) is 0 Å². The maximum absolute atomic E-state index is 11.9. The molecule has 0 atom stereocenters. The summed E-state index contributed by atoms with van der Waals surface area (Å²) in [5.41, 5.74) is 5.86. The predicted octanol–water partition coefficient (Wildman–Crippen LogP) is 5.30. The third kappa shape index (κ3) is 4.30. The number of hydrogen-bond acceptors (Lipinski definition) is 5. The van der Waals surface area contributed by atoms with Crippen LogP contribution in [0.1, 0.15) is 5.56 Å². The molecule has 0 unspecified atom stereocenters. The number of para-hydroxylation sites is 2. The van der Waals surface area contributed by atoms with Gasteiger partial charge in [0.15, 0.2) is 11.0 Å². The largest absolute Gasteiger partial charge is 0.358 e. The number of thioether (sulfide) groups is 1. The molecule has 0 fully saturated rings. The van der Waals surface area contributed by atoms with Crippen molar-refractivity contribution in [2.75, 3.05) is 12.8 Å². The molecule has 0 bridgehead atoms. The van der Waals surface area contributed by atoms with Gasteiger partial charge in [0, 0.05) is 29.2 Å². The summed E-state index contributed by atoms with van der Waals surface area (Å²) >= 11 is 1.36. The molecule has 0 radical (unpaired) electrons. The molecule has 5 aromatic rings. The van der Waals surface area contributed by atoms with Crippen molar-refractivity contribution in [1.82, 2.24) is 25.1 Å². The number of hydrogen-bond donors (Lipinski definition) is 1. The van der Waals surface area contributed by atoms with E-state index < -0.39 is 0 Å². The van der Waals surface area contributed by atoms with Gasteiger partial charge in [-0.1, -0.05) is 78.0 Å². The van der Waals surface area contributed by atoms with E-state index in [9.17, 15) is 4.79 Å². The summed E-state index contributed by atoms with van der Waals surface area (Å²) < 4.78 is 2.01. The molecule has 1 amide bonds. The summed E-state index contributed by atoms with van der Waals surface area (Å²) in [6.07, 6.45) is 0. The van der Waals surface area contributed by atoms with Crippen LogP contribution in [0.3, 0.4) is 0 Å². The fourth-order valence-corrected chi connectivity index (χ4v) is 4.61. The van der Waals surface area contributed by atoms with Gasteiger partial charge in [-0.25, -0.2) is 4.98 Å². The van der Waals surface area contributed by atoms with Crippen molar-refractivity contribution in [3.05, 3.63) is 90.5 Å². The number of nitrogens with zero attached hydrogens (tertiary/aromatic N) is 4. The number of carbonyl (C=O) groups is 1. The summed E-state index contributed by atoms with van der Waals surface area (Å²) in [6, 6.07) is 28.5. The molecule has 6 nitrogen and oxygen atoms in total. The van der Waals surface area contributed by atoms with E-state index in [0.717, 1.165) is 33.4 Å². The molecule has 2 heterocycles. The van der Waals surface area contributed by atoms with Gasteiger partial charge in [0.2, 0.25) is 5.91 Å². The van der Waals surface area contributed by atoms with Gasteiger partial charge in [-0.2, -0.15) is 0 Å². The van der Waals surface area contributed by atoms with E-state index in [2.05, 4.69) is 58.8 Å². The second-order valence-electron chi connectivity index (χ2n) is 7.88. The Balaban J connectivity index is 1.72. The number of nitrogens with one attached hydrogen (secondary N) is 1. The molecule has 0 saturated heterocycles. The number of aromatic nitrogens is 4. The van der Waals surface area contributed by atoms with Gasteiger partial charge in [0.25, 0.3) is 0 Å². The van der Waals surface area contributed by atoms with Crippen molar-refractivity contribution in [2.24, 2.45) is 0 Å². The molecule has 34 heavy (non-hydrogen) atoms. The first-order valence-corrected chi connectivity index (χ1v) is 11.9. The number of carbonyl (C=O) groups excluding carboxylic acids is 1. The highest BCUT2D eigenvalue weighted by molar-refractivity contribution is 7.99. The number of aryl methyl sites for hydroxylation is 1. The minimum Gasteiger partial charge on any atom is -0.358 e. The summed E-state index contributed by atoms with van der Waals surface area (Å²) in [4.78, 5) is 16.8. The third-order valence-corrected chi connectivity index (χ3v) is 6.49. The van der Waals surface area contributed by atoms with E-state index in [1.54, 1.807) is 7.05 Å². The van der Waals surface area contributed by atoms with Crippen LogP contribution in [-0.4, -0.2) is 38.5 Å². The maximum Gasteiger partial charge on any atom is 0.230 e. The van der Waals surface area contributed by atoms with Crippen LogP contribution >= 0.6 is 11.8 Å². The highest BCUT2D eigenvalue weighted by Gasteiger charge is 2.20. The van der Waals surface area contributed by atoms with E-state index in [-0.39, 0.29) is 11.7 Å². The number of pyridine rings is 1. The van der Waals surface area contributed by atoms with Crippen molar-refractivity contribution in [1.29, 1.82) is 0 Å². The summed E-state index contributed by atoms with van der Waals surface area (Å²) in [7, 11) is 1.63. The molecule has 3 aromatic carbocycles. The van der Waals surface area contributed by atoms with Gasteiger partial charge in [0.1, 0.15) is 0 Å². The fourth-order valence-electron chi connectivity index (χ4n) is 3.78. The van der Waals surface area contributed by atoms with Crippen LogP contribution in [0.5, 0.6) is 0 Å². The number of rotatable bonds is 6. The van der Waals surface area contributed by atoms with Crippen molar-refractivity contribution in [3.63, 3.8) is 0 Å². The zero-order valence-corrected chi connectivity index (χ0v) is 19.7. The average Bonchev–Trinajstić information content (AvgIpc) is 3.31. The normalized spacial score (nSPS) is 11.0. The Morgan fingerprint density at radius 2 is 1.68 bits per heavy atom. The summed E-state index contributed by atoms with van der Waals surface area (Å²) in [5.74, 6) is 0.899. The predicted molar refractivity (Wildman–Crippen MR) is 137 cm³/mol. The molecule has 0 spiro atoms. The van der Waals surface area contributed by atoms with Gasteiger partial charge in [-0.15, -0.1) is 10.2 Å². The average molecular weight is 466 g/mol. The zero-order valence-electron chi connectivity index (χ0n) is 18.9. The molecular weight excluding hydrogens is 442 g/mol. The molecule has 5 rings (SSSR count). The van der Waals surface area contributed by atoms with Crippen molar-refractivity contribution < 1.29 is 4.79 Å². The first-order chi connectivity index (χ1) is 16.6. The van der Waals surface area contributed by atoms with Crippen LogP contribution in [0.25, 0.3) is 39.2 Å². The third-order valence-electron chi connectivity index (χ3n) is 5.56. The monoisotopic (exact) mass is 465 g/mol. The van der Waals surface area contributed by atoms with E-state index >= 15 is 0 Å². The van der Waals surface area contributed by atoms with E-state index in [1.165, 1.54) is 17.3 Å². The van der Waals surface area contributed by atoms with E-state index in [4.69, 9.17) is 4.98 Å².